The number of aromatic nitrogens is 1. The van der Waals surface area contributed by atoms with Gasteiger partial charge in [0.1, 0.15) is 12.3 Å². The van der Waals surface area contributed by atoms with Crippen LogP contribution in [0, 0.1) is 0 Å². The molecule has 0 amide bonds. The van der Waals surface area contributed by atoms with Crippen LogP contribution in [-0.4, -0.2) is 42.1 Å². The molecule has 0 aromatic carbocycles. The Morgan fingerprint density at radius 1 is 1.44 bits per heavy atom. The van der Waals surface area contributed by atoms with Gasteiger partial charge < -0.3 is 19.0 Å². The third-order valence-corrected chi connectivity index (χ3v) is 2.99. The lowest BCUT2D eigenvalue weighted by molar-refractivity contribution is 0.0460. The summed E-state index contributed by atoms with van der Waals surface area (Å²) in [5, 5.41) is 0. The Balaban J connectivity index is 1.86. The highest BCUT2D eigenvalue weighted by atomic mass is 16.5. The zero-order valence-corrected chi connectivity index (χ0v) is 10.7. The van der Waals surface area contributed by atoms with Crippen LogP contribution < -0.4 is 0 Å². The SMILES string of the molecule is CCN(CC)CCOC(=O)c1cc2occc2[nH]1. The van der Waals surface area contributed by atoms with E-state index >= 15 is 0 Å². The number of ether oxygens (including phenoxy) is 1. The van der Waals surface area contributed by atoms with Gasteiger partial charge in [0.05, 0.1) is 11.8 Å². The number of nitrogens with one attached hydrogen (secondary N) is 1. The summed E-state index contributed by atoms with van der Waals surface area (Å²) < 4.78 is 10.4. The van der Waals surface area contributed by atoms with Gasteiger partial charge in [-0.1, -0.05) is 13.8 Å². The normalized spacial score (nSPS) is 11.3. The van der Waals surface area contributed by atoms with Gasteiger partial charge >= 0.3 is 5.97 Å². The molecule has 0 saturated heterocycles. The minimum Gasteiger partial charge on any atom is -0.463 e. The van der Waals surface area contributed by atoms with Crippen LogP contribution in [0.1, 0.15) is 24.3 Å². The lowest BCUT2D eigenvalue weighted by Crippen LogP contribution is -2.27. The summed E-state index contributed by atoms with van der Waals surface area (Å²) in [5.41, 5.74) is 1.92. The van der Waals surface area contributed by atoms with Gasteiger partial charge in [-0.05, 0) is 13.1 Å². The zero-order valence-electron chi connectivity index (χ0n) is 10.7. The number of carbonyl (C=O) groups excluding carboxylic acids is 1. The molecule has 18 heavy (non-hydrogen) atoms. The quantitative estimate of drug-likeness (QED) is 0.799. The molecule has 0 unspecified atom stereocenters. The third kappa shape index (κ3) is 2.73. The molecule has 2 aromatic heterocycles. The molecule has 0 bridgehead atoms. The highest BCUT2D eigenvalue weighted by Crippen LogP contribution is 2.16. The maximum absolute atomic E-state index is 11.8. The summed E-state index contributed by atoms with van der Waals surface area (Å²) in [6.45, 7) is 7.26. The number of rotatable bonds is 6. The molecule has 1 N–H and O–H groups in total. The van der Waals surface area contributed by atoms with E-state index in [1.54, 1.807) is 18.4 Å². The molecule has 0 aliphatic heterocycles. The predicted molar refractivity (Wildman–Crippen MR) is 68.6 cm³/mol. The lowest BCUT2D eigenvalue weighted by Gasteiger charge is -2.17. The van der Waals surface area contributed by atoms with Crippen molar-refractivity contribution in [2.75, 3.05) is 26.2 Å². The first-order chi connectivity index (χ1) is 8.74. The molecule has 0 saturated carbocycles. The first-order valence-corrected chi connectivity index (χ1v) is 6.20. The van der Waals surface area contributed by atoms with Gasteiger partial charge in [-0.3, -0.25) is 0 Å². The van der Waals surface area contributed by atoms with Gasteiger partial charge in [-0.2, -0.15) is 0 Å². The molecule has 2 rings (SSSR count). The second-order valence-corrected chi connectivity index (χ2v) is 4.04. The number of H-pyrrole nitrogens is 1. The summed E-state index contributed by atoms with van der Waals surface area (Å²) >= 11 is 0. The zero-order chi connectivity index (χ0) is 13.0. The van der Waals surface area contributed by atoms with Crippen LogP contribution in [-0.2, 0) is 4.74 Å². The summed E-state index contributed by atoms with van der Waals surface area (Å²) in [6.07, 6.45) is 1.58. The minimum atomic E-state index is -0.339. The van der Waals surface area contributed by atoms with E-state index < -0.39 is 0 Å². The van der Waals surface area contributed by atoms with E-state index in [9.17, 15) is 4.79 Å². The van der Waals surface area contributed by atoms with E-state index in [0.717, 1.165) is 25.2 Å². The maximum Gasteiger partial charge on any atom is 0.354 e. The van der Waals surface area contributed by atoms with Crippen LogP contribution >= 0.6 is 0 Å². The second-order valence-electron chi connectivity index (χ2n) is 4.04. The summed E-state index contributed by atoms with van der Waals surface area (Å²) in [4.78, 5) is 16.9. The number of fused-ring (bicyclic) bond motifs is 1. The van der Waals surface area contributed by atoms with Crippen LogP contribution in [0.4, 0.5) is 0 Å². The van der Waals surface area contributed by atoms with Crippen molar-refractivity contribution in [3.8, 4) is 0 Å². The third-order valence-electron chi connectivity index (χ3n) is 2.99. The van der Waals surface area contributed by atoms with E-state index in [1.165, 1.54) is 0 Å². The van der Waals surface area contributed by atoms with E-state index in [-0.39, 0.29) is 5.97 Å². The fourth-order valence-electron chi connectivity index (χ4n) is 1.84. The second kappa shape index (κ2) is 5.73. The van der Waals surface area contributed by atoms with Gasteiger partial charge in [-0.25, -0.2) is 4.79 Å². The molecular weight excluding hydrogens is 232 g/mol. The van der Waals surface area contributed by atoms with E-state index in [4.69, 9.17) is 9.15 Å². The van der Waals surface area contributed by atoms with Gasteiger partial charge in [0, 0.05) is 18.7 Å². The molecule has 0 fully saturated rings. The molecule has 2 heterocycles. The van der Waals surface area contributed by atoms with Gasteiger partial charge in [0.25, 0.3) is 0 Å². The maximum atomic E-state index is 11.8. The number of carbonyl (C=O) groups is 1. The molecule has 0 atom stereocenters. The minimum absolute atomic E-state index is 0.339. The molecule has 0 aliphatic carbocycles. The van der Waals surface area contributed by atoms with Crippen molar-refractivity contribution in [3.63, 3.8) is 0 Å². The molecule has 0 aliphatic rings. The lowest BCUT2D eigenvalue weighted by atomic mass is 10.4. The smallest absolute Gasteiger partial charge is 0.354 e. The molecule has 98 valence electrons. The number of likely N-dealkylation sites (N-methyl/N-ethyl adjacent to an activating group) is 1. The van der Waals surface area contributed by atoms with Crippen molar-refractivity contribution >= 4 is 17.1 Å². The molecule has 0 spiro atoms. The monoisotopic (exact) mass is 250 g/mol. The van der Waals surface area contributed by atoms with Crippen LogP contribution in [0.3, 0.4) is 0 Å². The van der Waals surface area contributed by atoms with Crippen molar-refractivity contribution in [2.24, 2.45) is 0 Å². The highest BCUT2D eigenvalue weighted by molar-refractivity contribution is 5.93. The molecule has 2 aromatic rings. The number of hydrogen-bond donors (Lipinski definition) is 1. The van der Waals surface area contributed by atoms with Gasteiger partial charge in [-0.15, -0.1) is 0 Å². The Bertz CT molecular complexity index is 483. The molecule has 5 nitrogen and oxygen atoms in total. The van der Waals surface area contributed by atoms with Crippen LogP contribution in [0.2, 0.25) is 0 Å². The Morgan fingerprint density at radius 3 is 2.89 bits per heavy atom. The van der Waals surface area contributed by atoms with E-state index in [0.29, 0.717) is 17.9 Å². The fourth-order valence-corrected chi connectivity index (χ4v) is 1.84. The summed E-state index contributed by atoms with van der Waals surface area (Å²) in [6, 6.07) is 3.44. The summed E-state index contributed by atoms with van der Waals surface area (Å²) in [7, 11) is 0. The van der Waals surface area contributed by atoms with Crippen LogP contribution in [0.5, 0.6) is 0 Å². The van der Waals surface area contributed by atoms with Crippen molar-refractivity contribution in [2.45, 2.75) is 13.8 Å². The molecule has 5 heteroatoms. The van der Waals surface area contributed by atoms with Crippen molar-refractivity contribution in [3.05, 3.63) is 24.1 Å². The van der Waals surface area contributed by atoms with Crippen molar-refractivity contribution in [1.82, 2.24) is 9.88 Å². The highest BCUT2D eigenvalue weighted by Gasteiger charge is 2.12. The summed E-state index contributed by atoms with van der Waals surface area (Å²) in [5.74, 6) is -0.339. The average molecular weight is 250 g/mol. The largest absolute Gasteiger partial charge is 0.463 e. The number of esters is 1. The average Bonchev–Trinajstić information content (AvgIpc) is 2.95. The van der Waals surface area contributed by atoms with Crippen molar-refractivity contribution in [1.29, 1.82) is 0 Å². The fraction of sp³-hybridized carbons (Fsp3) is 0.462. The van der Waals surface area contributed by atoms with Crippen molar-refractivity contribution < 1.29 is 13.9 Å². The number of nitrogens with zero attached hydrogens (tertiary/aromatic N) is 1. The number of hydrogen-bond acceptors (Lipinski definition) is 4. The Kier molecular flexibility index (Phi) is 4.04. The van der Waals surface area contributed by atoms with Crippen LogP contribution in [0.15, 0.2) is 22.8 Å². The predicted octanol–water partition coefficient (Wildman–Crippen LogP) is 2.26. The van der Waals surface area contributed by atoms with E-state index in [1.807, 2.05) is 0 Å². The molecular formula is C13H18N2O3. The Morgan fingerprint density at radius 2 is 2.22 bits per heavy atom. The van der Waals surface area contributed by atoms with E-state index in [2.05, 4.69) is 23.7 Å². The Labute approximate surface area is 106 Å². The van der Waals surface area contributed by atoms with Crippen LogP contribution in [0.25, 0.3) is 11.1 Å². The van der Waals surface area contributed by atoms with Gasteiger partial charge in [0.2, 0.25) is 0 Å². The standard InChI is InChI=1S/C13H18N2O3/c1-3-15(4-2)6-8-18-13(16)11-9-12-10(14-11)5-7-17-12/h5,7,9,14H,3-4,6,8H2,1-2H3. The topological polar surface area (TPSA) is 58.5 Å². The number of aromatic amines is 1. The first kappa shape index (κ1) is 12.7. The molecule has 0 radical (unpaired) electrons. The first-order valence-electron chi connectivity index (χ1n) is 6.20. The Hall–Kier alpha value is -1.75. The van der Waals surface area contributed by atoms with Gasteiger partial charge in [0.15, 0.2) is 5.58 Å². The number of furan rings is 1.